The zero-order chi connectivity index (χ0) is 8.55. The van der Waals surface area contributed by atoms with Gasteiger partial charge in [0.1, 0.15) is 0 Å². The van der Waals surface area contributed by atoms with Gasteiger partial charge in [-0.05, 0) is 22.9 Å². The summed E-state index contributed by atoms with van der Waals surface area (Å²) in [7, 11) is 0. The van der Waals surface area contributed by atoms with Gasteiger partial charge in [0.05, 0.1) is 0 Å². The van der Waals surface area contributed by atoms with Gasteiger partial charge >= 0.3 is 0 Å². The minimum absolute atomic E-state index is 0.597. The van der Waals surface area contributed by atoms with Crippen LogP contribution in [-0.2, 0) is 0 Å². The SMILES string of the molecule is CC(C)c1cccc2sc[c]c12. The van der Waals surface area contributed by atoms with Crippen molar-refractivity contribution < 1.29 is 0 Å². The van der Waals surface area contributed by atoms with Crippen molar-refractivity contribution >= 4 is 21.4 Å². The third kappa shape index (κ3) is 1.14. The highest BCUT2D eigenvalue weighted by atomic mass is 32.1. The second-order valence-corrected chi connectivity index (χ2v) is 4.17. The average molecular weight is 175 g/mol. The number of rotatable bonds is 1. The van der Waals surface area contributed by atoms with Gasteiger partial charge in [-0.2, -0.15) is 0 Å². The van der Waals surface area contributed by atoms with Crippen molar-refractivity contribution in [3.63, 3.8) is 0 Å². The normalized spacial score (nSPS) is 11.2. The average Bonchev–Trinajstić information content (AvgIpc) is 2.49. The molecule has 2 aromatic rings. The molecule has 2 rings (SSSR count). The molecular formula is C11H11S. The van der Waals surface area contributed by atoms with E-state index >= 15 is 0 Å². The van der Waals surface area contributed by atoms with Gasteiger partial charge in [0.2, 0.25) is 0 Å². The molecule has 0 amide bonds. The molecule has 0 unspecified atom stereocenters. The molecule has 0 spiro atoms. The number of thiophene rings is 1. The molecule has 1 aromatic carbocycles. The molecular weight excluding hydrogens is 164 g/mol. The van der Waals surface area contributed by atoms with Crippen LogP contribution in [0.4, 0.5) is 0 Å². The van der Waals surface area contributed by atoms with E-state index < -0.39 is 0 Å². The van der Waals surface area contributed by atoms with Crippen LogP contribution in [0.2, 0.25) is 0 Å². The summed E-state index contributed by atoms with van der Waals surface area (Å²) in [6.45, 7) is 4.44. The fourth-order valence-corrected chi connectivity index (χ4v) is 2.19. The lowest BCUT2D eigenvalue weighted by Crippen LogP contribution is -1.86. The van der Waals surface area contributed by atoms with E-state index in [1.807, 2.05) is 5.38 Å². The van der Waals surface area contributed by atoms with Gasteiger partial charge in [-0.15, -0.1) is 11.3 Å². The molecule has 0 aliphatic rings. The predicted octanol–water partition coefficient (Wildman–Crippen LogP) is 3.82. The molecule has 0 saturated heterocycles. The molecule has 0 nitrogen and oxygen atoms in total. The number of benzene rings is 1. The van der Waals surface area contributed by atoms with Crippen LogP contribution in [0, 0.1) is 6.07 Å². The summed E-state index contributed by atoms with van der Waals surface area (Å²) in [6, 6.07) is 9.76. The zero-order valence-electron chi connectivity index (χ0n) is 7.29. The van der Waals surface area contributed by atoms with Crippen LogP contribution in [0.5, 0.6) is 0 Å². The van der Waals surface area contributed by atoms with Gasteiger partial charge in [0.15, 0.2) is 0 Å². The summed E-state index contributed by atoms with van der Waals surface area (Å²) in [4.78, 5) is 0. The van der Waals surface area contributed by atoms with Gasteiger partial charge in [0, 0.05) is 16.2 Å². The van der Waals surface area contributed by atoms with Crippen molar-refractivity contribution in [2.24, 2.45) is 0 Å². The first-order valence-corrected chi connectivity index (χ1v) is 5.05. The molecule has 1 aromatic heterocycles. The van der Waals surface area contributed by atoms with Crippen LogP contribution in [0.15, 0.2) is 23.6 Å². The molecule has 0 aliphatic carbocycles. The number of fused-ring (bicyclic) bond motifs is 1. The summed E-state index contributed by atoms with van der Waals surface area (Å²) >= 11 is 1.76. The van der Waals surface area contributed by atoms with Crippen LogP contribution in [0.1, 0.15) is 25.3 Å². The van der Waals surface area contributed by atoms with Crippen molar-refractivity contribution in [3.8, 4) is 0 Å². The second-order valence-electron chi connectivity index (χ2n) is 3.26. The van der Waals surface area contributed by atoms with E-state index in [0.717, 1.165) is 0 Å². The van der Waals surface area contributed by atoms with Gasteiger partial charge in [-0.3, -0.25) is 0 Å². The van der Waals surface area contributed by atoms with E-state index in [-0.39, 0.29) is 0 Å². The van der Waals surface area contributed by atoms with Gasteiger partial charge in [0.25, 0.3) is 0 Å². The Balaban J connectivity index is 2.73. The third-order valence-corrected chi connectivity index (χ3v) is 2.90. The molecule has 12 heavy (non-hydrogen) atoms. The molecule has 0 fully saturated rings. The summed E-state index contributed by atoms with van der Waals surface area (Å²) < 4.78 is 1.35. The maximum Gasteiger partial charge on any atom is 0.0352 e. The molecule has 0 bridgehead atoms. The van der Waals surface area contributed by atoms with Crippen molar-refractivity contribution in [3.05, 3.63) is 35.2 Å². The van der Waals surface area contributed by atoms with Crippen LogP contribution in [0.3, 0.4) is 0 Å². The zero-order valence-corrected chi connectivity index (χ0v) is 8.11. The standard InChI is InChI=1S/C11H11S/c1-8(2)9-4-3-5-11-10(9)6-7-12-11/h3-5,7-8H,1-2H3. The lowest BCUT2D eigenvalue weighted by Gasteiger charge is -2.05. The Morgan fingerprint density at radius 3 is 2.92 bits per heavy atom. The highest BCUT2D eigenvalue weighted by molar-refractivity contribution is 7.17. The van der Waals surface area contributed by atoms with Crippen molar-refractivity contribution in [1.29, 1.82) is 0 Å². The molecule has 0 saturated carbocycles. The number of hydrogen-bond donors (Lipinski definition) is 0. The highest BCUT2D eigenvalue weighted by Gasteiger charge is 2.04. The Labute approximate surface area is 76.8 Å². The maximum atomic E-state index is 3.29. The Morgan fingerprint density at radius 2 is 2.17 bits per heavy atom. The first-order valence-electron chi connectivity index (χ1n) is 4.17. The van der Waals surface area contributed by atoms with E-state index in [1.54, 1.807) is 11.3 Å². The van der Waals surface area contributed by atoms with Crippen LogP contribution in [-0.4, -0.2) is 0 Å². The van der Waals surface area contributed by atoms with E-state index in [2.05, 4.69) is 38.1 Å². The summed E-state index contributed by atoms with van der Waals surface area (Å²) in [5.41, 5.74) is 1.41. The van der Waals surface area contributed by atoms with Crippen molar-refractivity contribution in [2.45, 2.75) is 19.8 Å². The monoisotopic (exact) mass is 175 g/mol. The quantitative estimate of drug-likeness (QED) is 0.618. The molecule has 1 radical (unpaired) electrons. The van der Waals surface area contributed by atoms with Gasteiger partial charge in [-0.25, -0.2) is 0 Å². The van der Waals surface area contributed by atoms with Crippen LogP contribution < -0.4 is 0 Å². The second kappa shape index (κ2) is 2.91. The first kappa shape index (κ1) is 7.81. The van der Waals surface area contributed by atoms with Crippen LogP contribution in [0.25, 0.3) is 10.1 Å². The van der Waals surface area contributed by atoms with E-state index in [4.69, 9.17) is 0 Å². The smallest absolute Gasteiger partial charge is 0.0352 e. The molecule has 61 valence electrons. The van der Waals surface area contributed by atoms with Gasteiger partial charge < -0.3 is 0 Å². The Morgan fingerprint density at radius 1 is 1.33 bits per heavy atom. The maximum absolute atomic E-state index is 3.29. The Kier molecular flexibility index (Phi) is 1.89. The lowest BCUT2D eigenvalue weighted by molar-refractivity contribution is 0.876. The first-order chi connectivity index (χ1) is 5.79. The Bertz CT molecular complexity index is 385. The summed E-state index contributed by atoms with van der Waals surface area (Å²) in [5, 5.41) is 3.34. The molecule has 1 heteroatoms. The molecule has 0 aliphatic heterocycles. The minimum atomic E-state index is 0.597. The number of hydrogen-bond acceptors (Lipinski definition) is 1. The largest absolute Gasteiger partial charge is 0.143 e. The van der Waals surface area contributed by atoms with E-state index in [1.165, 1.54) is 15.6 Å². The van der Waals surface area contributed by atoms with Crippen molar-refractivity contribution in [2.75, 3.05) is 0 Å². The van der Waals surface area contributed by atoms with Gasteiger partial charge in [-0.1, -0.05) is 26.0 Å². The van der Waals surface area contributed by atoms with E-state index in [0.29, 0.717) is 5.92 Å². The molecule has 0 atom stereocenters. The fourth-order valence-electron chi connectivity index (χ4n) is 1.43. The molecule has 1 heterocycles. The third-order valence-electron chi connectivity index (χ3n) is 2.07. The summed E-state index contributed by atoms with van der Waals surface area (Å²) in [5.74, 6) is 0.597. The Hall–Kier alpha value is -0.820. The fraction of sp³-hybridized carbons (Fsp3) is 0.273. The highest BCUT2D eigenvalue weighted by Crippen LogP contribution is 2.28. The topological polar surface area (TPSA) is 0 Å². The summed E-state index contributed by atoms with van der Waals surface area (Å²) in [6.07, 6.45) is 0. The minimum Gasteiger partial charge on any atom is -0.143 e. The van der Waals surface area contributed by atoms with Crippen molar-refractivity contribution in [1.82, 2.24) is 0 Å². The lowest BCUT2D eigenvalue weighted by atomic mass is 10.00. The van der Waals surface area contributed by atoms with Crippen LogP contribution >= 0.6 is 11.3 Å². The molecule has 0 N–H and O–H groups in total. The van der Waals surface area contributed by atoms with E-state index in [9.17, 15) is 0 Å². The predicted molar refractivity (Wildman–Crippen MR) is 54.8 cm³/mol.